The highest BCUT2D eigenvalue weighted by Gasteiger charge is 2.21. The predicted molar refractivity (Wildman–Crippen MR) is 75.6 cm³/mol. The Morgan fingerprint density at radius 3 is 2.90 bits per heavy atom. The summed E-state index contributed by atoms with van der Waals surface area (Å²) in [4.78, 5) is 4.02. The Labute approximate surface area is 121 Å². The number of aromatic nitrogens is 1. The smallest absolute Gasteiger partial charge is 0.223 e. The van der Waals surface area contributed by atoms with Crippen LogP contribution in [0.4, 0.5) is 4.39 Å². The van der Waals surface area contributed by atoms with E-state index in [-0.39, 0.29) is 5.82 Å². The van der Waals surface area contributed by atoms with Crippen molar-refractivity contribution in [3.63, 3.8) is 0 Å². The fourth-order valence-electron chi connectivity index (χ4n) is 1.86. The molecule has 1 aromatic heterocycles. The molecule has 1 N–H and O–H groups in total. The first kappa shape index (κ1) is 13.3. The Hall–Kier alpha value is -1.65. The number of hydrogen-bond acceptors (Lipinski definition) is 3. The highest BCUT2D eigenvalue weighted by molar-refractivity contribution is 6.32. The summed E-state index contributed by atoms with van der Waals surface area (Å²) in [6.45, 7) is 0.537. The van der Waals surface area contributed by atoms with Gasteiger partial charge in [-0.2, -0.15) is 0 Å². The SMILES string of the molecule is Fc1cnc(Oc2ccccc2Cl)c(CNC2CC2)c1. The van der Waals surface area contributed by atoms with Crippen LogP contribution >= 0.6 is 11.6 Å². The molecule has 0 saturated heterocycles. The van der Waals surface area contributed by atoms with Crippen LogP contribution in [0, 0.1) is 5.82 Å². The summed E-state index contributed by atoms with van der Waals surface area (Å²) in [5.74, 6) is 0.526. The highest BCUT2D eigenvalue weighted by atomic mass is 35.5. The molecule has 1 saturated carbocycles. The van der Waals surface area contributed by atoms with Crippen LogP contribution in [0.25, 0.3) is 0 Å². The van der Waals surface area contributed by atoms with Crippen LogP contribution in [0.15, 0.2) is 36.5 Å². The molecule has 1 aliphatic rings. The molecule has 1 heterocycles. The lowest BCUT2D eigenvalue weighted by Gasteiger charge is -2.11. The topological polar surface area (TPSA) is 34.1 Å². The fraction of sp³-hybridized carbons (Fsp3) is 0.267. The van der Waals surface area contributed by atoms with Gasteiger partial charge in [0.1, 0.15) is 11.6 Å². The van der Waals surface area contributed by atoms with E-state index in [1.165, 1.54) is 18.9 Å². The van der Waals surface area contributed by atoms with Crippen LogP contribution < -0.4 is 10.1 Å². The Balaban J connectivity index is 1.82. The molecule has 0 aliphatic heterocycles. The normalized spacial score (nSPS) is 14.3. The second-order valence-corrected chi connectivity index (χ2v) is 5.21. The standard InChI is InChI=1S/C15H14ClFN2O/c16-13-3-1-2-4-14(13)20-15-10(7-11(17)9-19-15)8-18-12-5-6-12/h1-4,7,9,12,18H,5-6,8H2. The second-order valence-electron chi connectivity index (χ2n) is 4.81. The molecular weight excluding hydrogens is 279 g/mol. The number of halogens is 2. The second kappa shape index (κ2) is 5.77. The van der Waals surface area contributed by atoms with Crippen molar-refractivity contribution in [2.45, 2.75) is 25.4 Å². The largest absolute Gasteiger partial charge is 0.437 e. The van der Waals surface area contributed by atoms with Crippen molar-refractivity contribution >= 4 is 11.6 Å². The molecule has 3 rings (SSSR count). The molecule has 1 fully saturated rings. The van der Waals surface area contributed by atoms with Gasteiger partial charge in [-0.25, -0.2) is 9.37 Å². The predicted octanol–water partition coefficient (Wildman–Crippen LogP) is 3.92. The summed E-state index contributed by atoms with van der Waals surface area (Å²) in [6.07, 6.45) is 3.49. The molecule has 3 nitrogen and oxygen atoms in total. The summed E-state index contributed by atoms with van der Waals surface area (Å²) in [6, 6.07) is 9.12. The number of pyridine rings is 1. The zero-order chi connectivity index (χ0) is 13.9. The summed E-state index contributed by atoms with van der Waals surface area (Å²) in [7, 11) is 0. The molecule has 1 aromatic carbocycles. The number of benzene rings is 1. The van der Waals surface area contributed by atoms with Crippen LogP contribution in [-0.2, 0) is 6.54 Å². The van der Waals surface area contributed by atoms with Gasteiger partial charge in [-0.3, -0.25) is 0 Å². The molecular formula is C15H14ClFN2O. The van der Waals surface area contributed by atoms with E-state index in [2.05, 4.69) is 10.3 Å². The van der Waals surface area contributed by atoms with Crippen molar-refractivity contribution in [3.05, 3.63) is 52.9 Å². The lowest BCUT2D eigenvalue weighted by atomic mass is 10.2. The third kappa shape index (κ3) is 3.26. The number of rotatable bonds is 5. The zero-order valence-electron chi connectivity index (χ0n) is 10.8. The van der Waals surface area contributed by atoms with Gasteiger partial charge in [0.2, 0.25) is 5.88 Å². The maximum absolute atomic E-state index is 13.3. The number of nitrogens with one attached hydrogen (secondary N) is 1. The van der Waals surface area contributed by atoms with Crippen LogP contribution in [0.5, 0.6) is 11.6 Å². The minimum atomic E-state index is -0.371. The summed E-state index contributed by atoms with van der Waals surface area (Å²) >= 11 is 6.05. The first-order chi connectivity index (χ1) is 9.72. The lowest BCUT2D eigenvalue weighted by molar-refractivity contribution is 0.448. The van der Waals surface area contributed by atoms with E-state index in [9.17, 15) is 4.39 Å². The van der Waals surface area contributed by atoms with Gasteiger partial charge in [0, 0.05) is 18.2 Å². The number of nitrogens with zero attached hydrogens (tertiary/aromatic N) is 1. The molecule has 0 amide bonds. The number of ether oxygens (including phenoxy) is 1. The van der Waals surface area contributed by atoms with E-state index >= 15 is 0 Å². The van der Waals surface area contributed by atoms with E-state index in [0.29, 0.717) is 34.8 Å². The van der Waals surface area contributed by atoms with Gasteiger partial charge in [0.05, 0.1) is 11.2 Å². The number of hydrogen-bond donors (Lipinski definition) is 1. The molecule has 0 bridgehead atoms. The third-order valence-electron chi connectivity index (χ3n) is 3.09. The van der Waals surface area contributed by atoms with Crippen LogP contribution in [0.3, 0.4) is 0 Å². The van der Waals surface area contributed by atoms with E-state index < -0.39 is 0 Å². The van der Waals surface area contributed by atoms with Crippen molar-refractivity contribution in [3.8, 4) is 11.6 Å². The lowest BCUT2D eigenvalue weighted by Crippen LogP contribution is -2.16. The van der Waals surface area contributed by atoms with Gasteiger partial charge in [-0.1, -0.05) is 23.7 Å². The molecule has 0 atom stereocenters. The van der Waals surface area contributed by atoms with Crippen LogP contribution in [0.1, 0.15) is 18.4 Å². The van der Waals surface area contributed by atoms with Crippen LogP contribution in [-0.4, -0.2) is 11.0 Å². The van der Waals surface area contributed by atoms with Gasteiger partial charge in [0.15, 0.2) is 0 Å². The van der Waals surface area contributed by atoms with E-state index in [0.717, 1.165) is 6.20 Å². The van der Waals surface area contributed by atoms with Gasteiger partial charge < -0.3 is 10.1 Å². The van der Waals surface area contributed by atoms with Crippen molar-refractivity contribution in [2.24, 2.45) is 0 Å². The monoisotopic (exact) mass is 292 g/mol. The highest BCUT2D eigenvalue weighted by Crippen LogP contribution is 2.30. The molecule has 0 radical (unpaired) electrons. The molecule has 1 aliphatic carbocycles. The molecule has 0 unspecified atom stereocenters. The molecule has 2 aromatic rings. The Morgan fingerprint density at radius 2 is 2.15 bits per heavy atom. The van der Waals surface area contributed by atoms with Crippen molar-refractivity contribution in [1.29, 1.82) is 0 Å². The summed E-state index contributed by atoms with van der Waals surface area (Å²) < 4.78 is 19.0. The van der Waals surface area contributed by atoms with E-state index in [1.807, 2.05) is 12.1 Å². The fourth-order valence-corrected chi connectivity index (χ4v) is 2.03. The van der Waals surface area contributed by atoms with Gasteiger partial charge >= 0.3 is 0 Å². The first-order valence-electron chi connectivity index (χ1n) is 6.52. The Kier molecular flexibility index (Phi) is 3.85. The average Bonchev–Trinajstić information content (AvgIpc) is 3.25. The van der Waals surface area contributed by atoms with Crippen molar-refractivity contribution < 1.29 is 9.13 Å². The molecule has 5 heteroatoms. The van der Waals surface area contributed by atoms with Gasteiger partial charge in [-0.15, -0.1) is 0 Å². The third-order valence-corrected chi connectivity index (χ3v) is 3.41. The molecule has 20 heavy (non-hydrogen) atoms. The van der Waals surface area contributed by atoms with E-state index in [1.54, 1.807) is 12.1 Å². The molecule has 104 valence electrons. The quantitative estimate of drug-likeness (QED) is 0.907. The van der Waals surface area contributed by atoms with Gasteiger partial charge in [-0.05, 0) is 31.0 Å². The van der Waals surface area contributed by atoms with Gasteiger partial charge in [0.25, 0.3) is 0 Å². The number of para-hydroxylation sites is 1. The maximum Gasteiger partial charge on any atom is 0.223 e. The van der Waals surface area contributed by atoms with Crippen LogP contribution in [0.2, 0.25) is 5.02 Å². The average molecular weight is 293 g/mol. The van der Waals surface area contributed by atoms with Crippen molar-refractivity contribution in [1.82, 2.24) is 10.3 Å². The summed E-state index contributed by atoms with van der Waals surface area (Å²) in [5.41, 5.74) is 0.691. The zero-order valence-corrected chi connectivity index (χ0v) is 11.5. The van der Waals surface area contributed by atoms with E-state index in [4.69, 9.17) is 16.3 Å². The Morgan fingerprint density at radius 1 is 1.35 bits per heavy atom. The summed E-state index contributed by atoms with van der Waals surface area (Å²) in [5, 5.41) is 3.82. The minimum absolute atomic E-state index is 0.371. The maximum atomic E-state index is 13.3. The van der Waals surface area contributed by atoms with Crippen molar-refractivity contribution in [2.75, 3.05) is 0 Å². The molecule has 0 spiro atoms. The first-order valence-corrected chi connectivity index (χ1v) is 6.90. The minimum Gasteiger partial charge on any atom is -0.437 e. The Bertz CT molecular complexity index is 617.